The Hall–Kier alpha value is -1.59. The molecule has 0 saturated carbocycles. The summed E-state index contributed by atoms with van der Waals surface area (Å²) in [5.41, 5.74) is 1.31. The van der Waals surface area contributed by atoms with E-state index in [0.29, 0.717) is 10.6 Å². The Morgan fingerprint density at radius 1 is 1.43 bits per heavy atom. The number of allylic oxidation sites excluding steroid dienone is 1. The lowest BCUT2D eigenvalue weighted by atomic mass is 10.1. The van der Waals surface area contributed by atoms with Crippen LogP contribution in [0.15, 0.2) is 30.3 Å². The number of halogens is 1. The van der Waals surface area contributed by atoms with Crippen molar-refractivity contribution in [3.8, 4) is 6.07 Å². The molecule has 1 aromatic rings. The maximum absolute atomic E-state index is 10.7. The SMILES string of the molecule is CC(=O)/C=C(\Cl)c1ccc(C#N)cc1. The Balaban J connectivity index is 2.99. The molecule has 0 fully saturated rings. The monoisotopic (exact) mass is 205 g/mol. The standard InChI is InChI=1S/C11H8ClNO/c1-8(14)6-11(12)10-4-2-9(7-13)3-5-10/h2-6H,1H3/b11-6-. The molecule has 0 aliphatic rings. The number of rotatable bonds is 2. The van der Waals surface area contributed by atoms with Crippen LogP contribution in [0.3, 0.4) is 0 Å². The molecule has 0 radical (unpaired) electrons. The topological polar surface area (TPSA) is 40.9 Å². The van der Waals surface area contributed by atoms with E-state index in [0.717, 1.165) is 5.56 Å². The summed E-state index contributed by atoms with van der Waals surface area (Å²) < 4.78 is 0. The minimum Gasteiger partial charge on any atom is -0.295 e. The van der Waals surface area contributed by atoms with Gasteiger partial charge >= 0.3 is 0 Å². The van der Waals surface area contributed by atoms with Crippen LogP contribution >= 0.6 is 11.6 Å². The molecule has 0 atom stereocenters. The lowest BCUT2D eigenvalue weighted by Gasteiger charge is -1.97. The summed E-state index contributed by atoms with van der Waals surface area (Å²) in [5.74, 6) is -0.0978. The summed E-state index contributed by atoms with van der Waals surface area (Å²) in [6.45, 7) is 1.44. The van der Waals surface area contributed by atoms with Gasteiger partial charge in [0.1, 0.15) is 0 Å². The molecule has 0 amide bonds. The van der Waals surface area contributed by atoms with E-state index in [1.54, 1.807) is 24.3 Å². The van der Waals surface area contributed by atoms with Crippen molar-refractivity contribution >= 4 is 22.4 Å². The fourth-order valence-corrected chi connectivity index (χ4v) is 1.25. The molecule has 1 rings (SSSR count). The van der Waals surface area contributed by atoms with Gasteiger partial charge in [0.05, 0.1) is 16.7 Å². The third-order valence-electron chi connectivity index (χ3n) is 1.62. The third kappa shape index (κ3) is 2.72. The van der Waals surface area contributed by atoms with Gasteiger partial charge in [-0.3, -0.25) is 4.79 Å². The molecule has 1 aromatic carbocycles. The lowest BCUT2D eigenvalue weighted by molar-refractivity contribution is -0.112. The zero-order valence-electron chi connectivity index (χ0n) is 7.62. The molecular formula is C11H8ClNO. The van der Waals surface area contributed by atoms with Crippen LogP contribution in [0.1, 0.15) is 18.1 Å². The number of carbonyl (C=O) groups excluding carboxylic acids is 1. The van der Waals surface area contributed by atoms with Crippen LogP contribution in [0.25, 0.3) is 5.03 Å². The van der Waals surface area contributed by atoms with Crippen molar-refractivity contribution in [1.82, 2.24) is 0 Å². The van der Waals surface area contributed by atoms with Gasteiger partial charge in [-0.25, -0.2) is 0 Å². The molecule has 0 aliphatic heterocycles. The van der Waals surface area contributed by atoms with Gasteiger partial charge in [-0.15, -0.1) is 0 Å². The van der Waals surface area contributed by atoms with Gasteiger partial charge < -0.3 is 0 Å². The van der Waals surface area contributed by atoms with Crippen LogP contribution in [0.4, 0.5) is 0 Å². The van der Waals surface area contributed by atoms with Crippen molar-refractivity contribution in [2.45, 2.75) is 6.92 Å². The van der Waals surface area contributed by atoms with E-state index in [2.05, 4.69) is 0 Å². The van der Waals surface area contributed by atoms with E-state index in [9.17, 15) is 4.79 Å². The molecule has 0 saturated heterocycles. The van der Waals surface area contributed by atoms with Crippen LogP contribution in [0, 0.1) is 11.3 Å². The molecule has 0 heterocycles. The molecule has 0 aliphatic carbocycles. The first-order valence-electron chi connectivity index (χ1n) is 4.02. The highest BCUT2D eigenvalue weighted by Crippen LogP contribution is 2.18. The fraction of sp³-hybridized carbons (Fsp3) is 0.0909. The molecular weight excluding hydrogens is 198 g/mol. The van der Waals surface area contributed by atoms with E-state index < -0.39 is 0 Å². The van der Waals surface area contributed by atoms with Crippen LogP contribution in [0.5, 0.6) is 0 Å². The average molecular weight is 206 g/mol. The zero-order valence-corrected chi connectivity index (χ0v) is 8.38. The molecule has 0 aromatic heterocycles. The van der Waals surface area contributed by atoms with Crippen LogP contribution in [0.2, 0.25) is 0 Å². The largest absolute Gasteiger partial charge is 0.295 e. The minimum atomic E-state index is -0.0978. The molecule has 0 unspecified atom stereocenters. The van der Waals surface area contributed by atoms with Crippen molar-refractivity contribution in [3.05, 3.63) is 41.5 Å². The van der Waals surface area contributed by atoms with Gasteiger partial charge in [-0.2, -0.15) is 5.26 Å². The normalized spacial score (nSPS) is 10.8. The van der Waals surface area contributed by atoms with Crippen molar-refractivity contribution in [1.29, 1.82) is 5.26 Å². The number of benzene rings is 1. The first-order chi connectivity index (χ1) is 6.63. The van der Waals surface area contributed by atoms with E-state index in [1.165, 1.54) is 13.0 Å². The molecule has 0 N–H and O–H groups in total. The predicted molar refractivity (Wildman–Crippen MR) is 55.7 cm³/mol. The van der Waals surface area contributed by atoms with E-state index >= 15 is 0 Å². The van der Waals surface area contributed by atoms with Gasteiger partial charge in [0.2, 0.25) is 0 Å². The fourth-order valence-electron chi connectivity index (χ4n) is 0.966. The van der Waals surface area contributed by atoms with Crippen LogP contribution in [-0.2, 0) is 4.79 Å². The molecule has 3 heteroatoms. The van der Waals surface area contributed by atoms with Crippen molar-refractivity contribution < 1.29 is 4.79 Å². The minimum absolute atomic E-state index is 0.0978. The highest BCUT2D eigenvalue weighted by Gasteiger charge is 1.99. The first kappa shape index (κ1) is 10.5. The first-order valence-corrected chi connectivity index (χ1v) is 4.39. The van der Waals surface area contributed by atoms with Crippen LogP contribution in [-0.4, -0.2) is 5.78 Å². The summed E-state index contributed by atoms with van der Waals surface area (Å²) in [4.78, 5) is 10.7. The predicted octanol–water partition coefficient (Wildman–Crippen LogP) is 2.73. The molecule has 2 nitrogen and oxygen atoms in total. The summed E-state index contributed by atoms with van der Waals surface area (Å²) in [6.07, 6.45) is 1.35. The third-order valence-corrected chi connectivity index (χ3v) is 1.95. The second-order valence-electron chi connectivity index (χ2n) is 2.79. The second kappa shape index (κ2) is 4.59. The highest BCUT2D eigenvalue weighted by atomic mass is 35.5. The Morgan fingerprint density at radius 3 is 2.43 bits per heavy atom. The smallest absolute Gasteiger partial charge is 0.154 e. The summed E-state index contributed by atoms with van der Waals surface area (Å²) in [7, 11) is 0. The molecule has 14 heavy (non-hydrogen) atoms. The quantitative estimate of drug-likeness (QED) is 0.697. The van der Waals surface area contributed by atoms with Crippen molar-refractivity contribution in [2.24, 2.45) is 0 Å². The number of ketones is 1. The molecule has 70 valence electrons. The molecule has 0 bridgehead atoms. The Bertz CT molecular complexity index is 412. The Morgan fingerprint density at radius 2 is 2.00 bits per heavy atom. The Kier molecular flexibility index (Phi) is 3.44. The number of nitriles is 1. The zero-order chi connectivity index (χ0) is 10.6. The number of hydrogen-bond acceptors (Lipinski definition) is 2. The van der Waals surface area contributed by atoms with Crippen molar-refractivity contribution in [3.63, 3.8) is 0 Å². The van der Waals surface area contributed by atoms with E-state index in [4.69, 9.17) is 16.9 Å². The summed E-state index contributed by atoms with van der Waals surface area (Å²) in [6, 6.07) is 8.74. The van der Waals surface area contributed by atoms with Gasteiger partial charge in [-0.1, -0.05) is 23.7 Å². The maximum atomic E-state index is 10.7. The van der Waals surface area contributed by atoms with E-state index in [1.807, 2.05) is 6.07 Å². The number of nitrogens with zero attached hydrogens (tertiary/aromatic N) is 1. The average Bonchev–Trinajstić information content (AvgIpc) is 2.17. The van der Waals surface area contributed by atoms with Crippen molar-refractivity contribution in [2.75, 3.05) is 0 Å². The van der Waals surface area contributed by atoms with Crippen LogP contribution < -0.4 is 0 Å². The maximum Gasteiger partial charge on any atom is 0.154 e. The van der Waals surface area contributed by atoms with Gasteiger partial charge in [-0.05, 0) is 24.6 Å². The number of carbonyl (C=O) groups is 1. The van der Waals surface area contributed by atoms with Gasteiger partial charge in [0, 0.05) is 6.08 Å². The summed E-state index contributed by atoms with van der Waals surface area (Å²) in [5, 5.41) is 8.95. The van der Waals surface area contributed by atoms with Gasteiger partial charge in [0.15, 0.2) is 5.78 Å². The number of hydrogen-bond donors (Lipinski definition) is 0. The van der Waals surface area contributed by atoms with E-state index in [-0.39, 0.29) is 5.78 Å². The summed E-state index contributed by atoms with van der Waals surface area (Å²) >= 11 is 5.85. The Labute approximate surface area is 87.4 Å². The second-order valence-corrected chi connectivity index (χ2v) is 3.20. The lowest BCUT2D eigenvalue weighted by Crippen LogP contribution is -1.84. The molecule has 0 spiro atoms. The van der Waals surface area contributed by atoms with Gasteiger partial charge in [0.25, 0.3) is 0 Å². The highest BCUT2D eigenvalue weighted by molar-refractivity contribution is 6.50.